The second kappa shape index (κ2) is 4.00. The molecule has 0 bridgehead atoms. The van der Waals surface area contributed by atoms with Crippen LogP contribution in [0.25, 0.3) is 0 Å². The molecule has 1 aliphatic rings. The van der Waals surface area contributed by atoms with E-state index in [0.717, 1.165) is 25.7 Å². The first kappa shape index (κ1) is 8.91. The van der Waals surface area contributed by atoms with Crippen molar-refractivity contribution in [1.82, 2.24) is 0 Å². The summed E-state index contributed by atoms with van der Waals surface area (Å²) in [6.07, 6.45) is 4.60. The number of carboxylic acid groups (broad SMARTS) is 1. The molecule has 2 nitrogen and oxygen atoms in total. The Morgan fingerprint density at radius 3 is 2.36 bits per heavy atom. The molecule has 1 aliphatic carbocycles. The quantitative estimate of drug-likeness (QED) is 0.628. The van der Waals surface area contributed by atoms with Gasteiger partial charge in [0.25, 0.3) is 0 Å². The first-order chi connectivity index (χ1) is 5.18. The molecular weight excluding hydrogens is 160 g/mol. The van der Waals surface area contributed by atoms with Crippen LogP contribution in [-0.4, -0.2) is 16.3 Å². The van der Waals surface area contributed by atoms with E-state index in [-0.39, 0.29) is 0 Å². The van der Waals surface area contributed by atoms with Gasteiger partial charge < -0.3 is 5.11 Å². The number of aliphatic carboxylic acids is 1. The number of rotatable bonds is 2. The van der Waals surface area contributed by atoms with Crippen LogP contribution in [0.1, 0.15) is 32.1 Å². The molecule has 0 spiro atoms. The van der Waals surface area contributed by atoms with Gasteiger partial charge in [-0.1, -0.05) is 0 Å². The average Bonchev–Trinajstić information content (AvgIpc) is 1.93. The van der Waals surface area contributed by atoms with Crippen molar-refractivity contribution >= 4 is 18.6 Å². The van der Waals surface area contributed by atoms with Gasteiger partial charge in [-0.2, -0.15) is 12.6 Å². The van der Waals surface area contributed by atoms with Crippen LogP contribution in [0.2, 0.25) is 0 Å². The zero-order valence-electron chi connectivity index (χ0n) is 6.49. The van der Waals surface area contributed by atoms with Crippen molar-refractivity contribution in [2.75, 3.05) is 0 Å². The maximum atomic E-state index is 10.3. The van der Waals surface area contributed by atoms with Gasteiger partial charge in [0.15, 0.2) is 0 Å². The van der Waals surface area contributed by atoms with Crippen LogP contribution in [-0.2, 0) is 4.79 Å². The molecule has 1 fully saturated rings. The standard InChI is InChI=1S/C8H14O2S/c9-8(10)5-6-1-3-7(11)4-2-6/h6-7,11H,1-5H2,(H,9,10). The summed E-state index contributed by atoms with van der Waals surface area (Å²) in [6, 6.07) is 0. The van der Waals surface area contributed by atoms with E-state index in [4.69, 9.17) is 5.11 Å². The summed E-state index contributed by atoms with van der Waals surface area (Å²) in [4.78, 5) is 10.3. The Morgan fingerprint density at radius 2 is 1.91 bits per heavy atom. The fraction of sp³-hybridized carbons (Fsp3) is 0.875. The highest BCUT2D eigenvalue weighted by Crippen LogP contribution is 2.29. The third-order valence-corrected chi connectivity index (χ3v) is 2.80. The third-order valence-electron chi connectivity index (χ3n) is 2.28. The van der Waals surface area contributed by atoms with Crippen LogP contribution < -0.4 is 0 Å². The smallest absolute Gasteiger partial charge is 0.303 e. The van der Waals surface area contributed by atoms with Crippen LogP contribution in [0, 0.1) is 5.92 Å². The van der Waals surface area contributed by atoms with Crippen LogP contribution >= 0.6 is 12.6 Å². The van der Waals surface area contributed by atoms with Crippen molar-refractivity contribution in [2.24, 2.45) is 5.92 Å². The Morgan fingerprint density at radius 1 is 1.36 bits per heavy atom. The maximum Gasteiger partial charge on any atom is 0.303 e. The minimum atomic E-state index is -0.660. The summed E-state index contributed by atoms with van der Waals surface area (Å²) in [6.45, 7) is 0. The first-order valence-electron chi connectivity index (χ1n) is 4.08. The number of carboxylic acids is 1. The SMILES string of the molecule is O=C(O)CC1CCC(S)CC1. The monoisotopic (exact) mass is 174 g/mol. The second-order valence-corrected chi connectivity index (χ2v) is 4.00. The largest absolute Gasteiger partial charge is 0.481 e. The minimum Gasteiger partial charge on any atom is -0.481 e. The van der Waals surface area contributed by atoms with E-state index < -0.39 is 5.97 Å². The van der Waals surface area contributed by atoms with Crippen LogP contribution in [0.5, 0.6) is 0 Å². The van der Waals surface area contributed by atoms with Gasteiger partial charge >= 0.3 is 5.97 Å². The van der Waals surface area contributed by atoms with E-state index in [1.807, 2.05) is 0 Å². The highest BCUT2D eigenvalue weighted by molar-refractivity contribution is 7.80. The van der Waals surface area contributed by atoms with Gasteiger partial charge in [-0.05, 0) is 31.6 Å². The summed E-state index contributed by atoms with van der Waals surface area (Å²) < 4.78 is 0. The molecule has 1 N–H and O–H groups in total. The molecule has 0 saturated heterocycles. The lowest BCUT2D eigenvalue weighted by molar-refractivity contribution is -0.138. The fourth-order valence-electron chi connectivity index (χ4n) is 1.60. The summed E-state index contributed by atoms with van der Waals surface area (Å²) in [5, 5.41) is 9.03. The molecule has 0 radical (unpaired) electrons. The number of carbonyl (C=O) groups is 1. The van der Waals surface area contributed by atoms with E-state index >= 15 is 0 Å². The lowest BCUT2D eigenvalue weighted by Crippen LogP contribution is -2.17. The third kappa shape index (κ3) is 3.14. The van der Waals surface area contributed by atoms with Crippen LogP contribution in [0.4, 0.5) is 0 Å². The lowest BCUT2D eigenvalue weighted by Gasteiger charge is -2.23. The van der Waals surface area contributed by atoms with E-state index in [0.29, 0.717) is 17.6 Å². The maximum absolute atomic E-state index is 10.3. The number of hydrogen-bond donors (Lipinski definition) is 2. The van der Waals surface area contributed by atoms with Crippen LogP contribution in [0.3, 0.4) is 0 Å². The van der Waals surface area contributed by atoms with Gasteiger partial charge in [-0.3, -0.25) is 4.79 Å². The molecule has 0 aliphatic heterocycles. The molecule has 1 rings (SSSR count). The summed E-state index contributed by atoms with van der Waals surface area (Å²) >= 11 is 4.35. The molecule has 3 heteroatoms. The minimum absolute atomic E-state index is 0.348. The molecule has 0 heterocycles. The Balaban J connectivity index is 2.22. The normalized spacial score (nSPS) is 31.7. The van der Waals surface area contributed by atoms with E-state index in [1.165, 1.54) is 0 Å². The molecule has 0 aromatic carbocycles. The molecule has 64 valence electrons. The van der Waals surface area contributed by atoms with Crippen molar-refractivity contribution in [3.8, 4) is 0 Å². The molecule has 11 heavy (non-hydrogen) atoms. The van der Waals surface area contributed by atoms with Crippen molar-refractivity contribution in [3.05, 3.63) is 0 Å². The predicted molar refractivity (Wildman–Crippen MR) is 47.0 cm³/mol. The van der Waals surface area contributed by atoms with Gasteiger partial charge in [0.2, 0.25) is 0 Å². The molecule has 0 atom stereocenters. The second-order valence-electron chi connectivity index (χ2n) is 3.27. The summed E-state index contributed by atoms with van der Waals surface area (Å²) in [7, 11) is 0. The van der Waals surface area contributed by atoms with Gasteiger partial charge in [0.05, 0.1) is 0 Å². The number of thiol groups is 1. The van der Waals surface area contributed by atoms with Crippen molar-refractivity contribution in [1.29, 1.82) is 0 Å². The van der Waals surface area contributed by atoms with E-state index in [9.17, 15) is 4.79 Å². The molecule has 0 aromatic heterocycles. The summed E-state index contributed by atoms with van der Waals surface area (Å²) in [5.74, 6) is -0.247. The highest BCUT2D eigenvalue weighted by atomic mass is 32.1. The average molecular weight is 174 g/mol. The molecule has 0 amide bonds. The molecule has 1 saturated carbocycles. The van der Waals surface area contributed by atoms with E-state index in [2.05, 4.69) is 12.6 Å². The van der Waals surface area contributed by atoms with Gasteiger partial charge in [-0.25, -0.2) is 0 Å². The van der Waals surface area contributed by atoms with Gasteiger partial charge in [0.1, 0.15) is 0 Å². The van der Waals surface area contributed by atoms with Crippen molar-refractivity contribution in [3.63, 3.8) is 0 Å². The topological polar surface area (TPSA) is 37.3 Å². The number of hydrogen-bond acceptors (Lipinski definition) is 2. The molecular formula is C8H14O2S. The van der Waals surface area contributed by atoms with Gasteiger partial charge in [-0.15, -0.1) is 0 Å². The molecule has 0 aromatic rings. The zero-order valence-corrected chi connectivity index (χ0v) is 7.39. The molecule has 0 unspecified atom stereocenters. The van der Waals surface area contributed by atoms with Crippen LogP contribution in [0.15, 0.2) is 0 Å². The Kier molecular flexibility index (Phi) is 3.24. The van der Waals surface area contributed by atoms with Crippen molar-refractivity contribution in [2.45, 2.75) is 37.4 Å². The van der Waals surface area contributed by atoms with E-state index in [1.54, 1.807) is 0 Å². The summed E-state index contributed by atoms with van der Waals surface area (Å²) in [5.41, 5.74) is 0. The lowest BCUT2D eigenvalue weighted by atomic mass is 9.87. The Bertz CT molecular complexity index is 139. The van der Waals surface area contributed by atoms with Crippen molar-refractivity contribution < 1.29 is 9.90 Å². The van der Waals surface area contributed by atoms with Gasteiger partial charge in [0, 0.05) is 11.7 Å². The Hall–Kier alpha value is -0.180. The first-order valence-corrected chi connectivity index (χ1v) is 4.60. The zero-order chi connectivity index (χ0) is 8.27. The fourth-order valence-corrected chi connectivity index (χ4v) is 1.89. The highest BCUT2D eigenvalue weighted by Gasteiger charge is 2.20. The Labute approximate surface area is 72.4 Å². The predicted octanol–water partition coefficient (Wildman–Crippen LogP) is 1.95.